The molecule has 0 aromatic heterocycles. The number of benzene rings is 6. The van der Waals surface area contributed by atoms with Crippen molar-refractivity contribution in [3.63, 3.8) is 0 Å². The van der Waals surface area contributed by atoms with Gasteiger partial charge in [-0.3, -0.25) is 48.1 Å². The number of ketones is 2. The largest absolute Gasteiger partial charge is 0.371 e. The first-order valence-electron chi connectivity index (χ1n) is 46.4. The fourth-order valence-electron chi connectivity index (χ4n) is 20.4. The number of carbonyl (C=O) groups excluding carboxylic acids is 9. The van der Waals surface area contributed by atoms with Crippen molar-refractivity contribution in [2.24, 2.45) is 23.7 Å². The minimum atomic E-state index is -0.426. The monoisotopic (exact) mass is 1860 g/mol. The zero-order valence-electron chi connectivity index (χ0n) is 84.0. The van der Waals surface area contributed by atoms with Crippen LogP contribution < -0.4 is 64.0 Å². The lowest BCUT2D eigenvalue weighted by Gasteiger charge is -2.47. The average molecular weight is 1870 g/mol. The Bertz CT molecular complexity index is 4640. The van der Waals surface area contributed by atoms with Crippen LogP contribution in [-0.2, 0) is 61.2 Å². The number of halogens is 2. The molecule has 0 aliphatic carbocycles. The fourth-order valence-corrected chi connectivity index (χ4v) is 20.4. The Morgan fingerprint density at radius 1 is 0.371 bits per heavy atom. The number of hydroxylamine groups is 2. The van der Waals surface area contributed by atoms with Crippen LogP contribution in [0.15, 0.2) is 158 Å². The molecule has 0 bridgehead atoms. The number of rotatable bonds is 21. The van der Waals surface area contributed by atoms with Gasteiger partial charge in [0.05, 0.1) is 11.4 Å². The van der Waals surface area contributed by atoms with Crippen molar-refractivity contribution in [3.8, 4) is 0 Å². The minimum absolute atomic E-state index is 0. The number of anilines is 2. The zero-order chi connectivity index (χ0) is 96.8. The SMILES string of the molecule is CC(=O)ONC1CC(C)(C)NC(C)(C)C1.CC(=O)ONCC1CC(C)(C)NC(C)(C)C1.CC(=O)ONc1ccc(C(=O)c2ccccc2)cc1.CC1CC(=O)N(NC2CC(C)(C)NC(C)(C)C2)C1=O.CC1CC(=O)N(c2ccc(C(=O)c3ccccc3)cc2)C1=O.Cc1ccc(CNC2CC(C)(C)NC(C)(C)C2)cc1.Cc1ccc(CNCC2CC(C)(C)NC(C)(C)C2)cc1.Cl.Cl. The number of nitrogens with zero attached hydrogens (tertiary/aromatic N) is 2. The molecule has 132 heavy (non-hydrogen) atoms. The van der Waals surface area contributed by atoms with Crippen LogP contribution in [0.3, 0.4) is 0 Å². The predicted molar refractivity (Wildman–Crippen MR) is 534 cm³/mol. The van der Waals surface area contributed by atoms with Gasteiger partial charge in [0.25, 0.3) is 0 Å². The zero-order valence-corrected chi connectivity index (χ0v) is 85.6. The molecule has 6 aromatic rings. The van der Waals surface area contributed by atoms with E-state index >= 15 is 0 Å². The van der Waals surface area contributed by atoms with E-state index in [1.54, 1.807) is 86.6 Å². The van der Waals surface area contributed by atoms with Crippen LogP contribution in [0.2, 0.25) is 0 Å². The molecule has 7 saturated heterocycles. The molecule has 0 saturated carbocycles. The number of hydrogen-bond acceptors (Lipinski definition) is 23. The smallest absolute Gasteiger partial charge is 0.329 e. The van der Waals surface area contributed by atoms with Crippen molar-refractivity contribution in [1.29, 1.82) is 0 Å². The van der Waals surface area contributed by atoms with Crippen molar-refractivity contribution in [2.45, 2.75) is 351 Å². The van der Waals surface area contributed by atoms with Crippen LogP contribution in [0, 0.1) is 37.5 Å². The van der Waals surface area contributed by atoms with E-state index in [4.69, 9.17) is 9.68 Å². The fraction of sp³-hybridized carbons (Fsp3) is 0.571. The Kier molecular flexibility index (Phi) is 42.4. The third-order valence-electron chi connectivity index (χ3n) is 23.7. The van der Waals surface area contributed by atoms with Gasteiger partial charge in [0.2, 0.25) is 23.6 Å². The van der Waals surface area contributed by atoms with Crippen LogP contribution in [0.5, 0.6) is 0 Å². The van der Waals surface area contributed by atoms with Gasteiger partial charge in [-0.15, -0.1) is 30.3 Å². The number of hydrazine groups is 1. The molecular weight excluding hydrogens is 1710 g/mol. The maximum atomic E-state index is 12.3. The van der Waals surface area contributed by atoms with E-state index < -0.39 is 5.97 Å². The van der Waals surface area contributed by atoms with Crippen molar-refractivity contribution < 1.29 is 57.7 Å². The Morgan fingerprint density at radius 2 is 0.705 bits per heavy atom. The average Bonchev–Trinajstić information content (AvgIpc) is 1.42. The first-order chi connectivity index (χ1) is 60.3. The Balaban J connectivity index is 0.000000273. The Hall–Kier alpha value is -8.67. The Labute approximate surface area is 800 Å². The van der Waals surface area contributed by atoms with E-state index in [1.807, 2.05) is 36.4 Å². The van der Waals surface area contributed by atoms with Crippen LogP contribution in [-0.4, -0.2) is 145 Å². The van der Waals surface area contributed by atoms with E-state index in [0.717, 1.165) is 70.6 Å². The molecule has 0 radical (unpaired) electrons. The molecule has 7 aliphatic rings. The maximum absolute atomic E-state index is 12.3. The quantitative estimate of drug-likeness (QED) is 0.0138. The lowest BCUT2D eigenvalue weighted by Crippen LogP contribution is -2.63. The molecule has 2 atom stereocenters. The summed E-state index contributed by atoms with van der Waals surface area (Å²) in [5, 5.41) is 26.9. The molecule has 7 heterocycles. The first-order valence-corrected chi connectivity index (χ1v) is 46.4. The second-order valence-corrected chi connectivity index (χ2v) is 43.6. The van der Waals surface area contributed by atoms with Gasteiger partial charge in [-0.25, -0.2) is 15.9 Å². The van der Waals surface area contributed by atoms with Crippen molar-refractivity contribution in [2.75, 3.05) is 23.5 Å². The molecule has 2 unspecified atom stereocenters. The van der Waals surface area contributed by atoms with Crippen LogP contribution in [0.25, 0.3) is 0 Å². The van der Waals surface area contributed by atoms with Gasteiger partial charge in [-0.05, 0) is 295 Å². The second kappa shape index (κ2) is 49.2. The summed E-state index contributed by atoms with van der Waals surface area (Å²) in [7, 11) is 0. The summed E-state index contributed by atoms with van der Waals surface area (Å²) in [5.41, 5.74) is 21.5. The first kappa shape index (κ1) is 114. The highest BCUT2D eigenvalue weighted by molar-refractivity contribution is 6.21. The normalized spacial score (nSPS) is 21.1. The summed E-state index contributed by atoms with van der Waals surface area (Å²) < 4.78 is 0. The maximum Gasteiger partial charge on any atom is 0.329 e. The summed E-state index contributed by atoms with van der Waals surface area (Å²) in [5.74, 6) is -0.893. The molecule has 730 valence electrons. The van der Waals surface area contributed by atoms with E-state index in [1.165, 1.54) is 78.6 Å². The topological polar surface area (TPSA) is 320 Å². The van der Waals surface area contributed by atoms with E-state index in [0.29, 0.717) is 52.0 Å². The molecule has 7 fully saturated rings. The van der Waals surface area contributed by atoms with Crippen LogP contribution in [0.4, 0.5) is 11.4 Å². The number of hydrogen-bond donors (Lipinski definition) is 11. The molecule has 27 heteroatoms. The van der Waals surface area contributed by atoms with E-state index in [2.05, 4.69) is 265 Å². The molecule has 0 spiro atoms. The molecular formula is C105H159Cl2N13O12. The number of piperidine rings is 5. The number of nitrogens with one attached hydrogen (secondary N) is 11. The molecule has 6 aromatic carbocycles. The van der Waals surface area contributed by atoms with E-state index in [9.17, 15) is 43.2 Å². The van der Waals surface area contributed by atoms with Gasteiger partial charge in [0, 0.05) is 161 Å². The Morgan fingerprint density at radius 3 is 1.07 bits per heavy atom. The highest BCUT2D eigenvalue weighted by Gasteiger charge is 2.45. The van der Waals surface area contributed by atoms with Crippen molar-refractivity contribution in [1.82, 2.24) is 58.6 Å². The van der Waals surface area contributed by atoms with Gasteiger partial charge in [0.15, 0.2) is 11.6 Å². The van der Waals surface area contributed by atoms with Crippen molar-refractivity contribution >= 4 is 89.3 Å². The molecule has 11 N–H and O–H groups in total. The number of carbonyl (C=O) groups is 9. The summed E-state index contributed by atoms with van der Waals surface area (Å²) in [6.07, 6.45) is 11.3. The standard InChI is InChI=1S/C18H30N2.C18H15NO3.C17H28N2.C15H13NO3.C14H25N3O2.C12H24N2O2.C11H22N2O2.2ClH/c1-14-6-8-15(9-7-14)12-19-13-16-10-17(2,3)20-18(4,5)11-16;1-12-11-16(20)19(18(12)22)15-9-7-14(8-10-15)17(21)13-5-3-2-4-6-13;1-13-6-8-14(9-7-13)12-18-15-10-16(2,3)19-17(4,5)11-15;1-11(17)19-16-14-9-7-13(8-10-14)15(18)12-5-3-2-4-6-12;1-9-6-11(18)17(12(9)19)15-10-7-13(2,3)16-14(4,5)8-10;1-9(15)16-13-8-10-6-11(2,3)14-12(4,5)7-10;1-8(14)15-12-9-6-10(2,3)13-11(4,5)7-9;;/h6-9,16,19-20H,10-13H2,1-5H3;2-10,12H,11H2,1H3;6-9,15,18-19H,10-12H2,1-5H3;2-10,16H,1H3;9-10,15-16H,6-8H2,1-5H3;10,13-14H,6-8H2,1-5H3;9,12-13H,6-7H2,1-5H3;2*1H. The molecule has 4 amide bonds. The molecule has 13 rings (SSSR count). The van der Waals surface area contributed by atoms with Crippen LogP contribution >= 0.6 is 24.8 Å². The van der Waals surface area contributed by atoms with Gasteiger partial charge in [-0.2, -0.15) is 5.48 Å². The third kappa shape index (κ3) is 39.7. The summed E-state index contributed by atoms with van der Waals surface area (Å²) in [4.78, 5) is 120. The number of aryl methyl sites for hydroxylation is 2. The summed E-state index contributed by atoms with van der Waals surface area (Å²) >= 11 is 0. The summed E-state index contributed by atoms with van der Waals surface area (Å²) in [6, 6.07) is 49.9. The van der Waals surface area contributed by atoms with Gasteiger partial charge in [-0.1, -0.05) is 134 Å². The van der Waals surface area contributed by atoms with Gasteiger partial charge >= 0.3 is 17.9 Å². The number of amides is 4. The predicted octanol–water partition coefficient (Wildman–Crippen LogP) is 17.7. The van der Waals surface area contributed by atoms with Gasteiger partial charge < -0.3 is 51.7 Å². The highest BCUT2D eigenvalue weighted by atomic mass is 35.5. The number of imide groups is 2. The molecule has 7 aliphatic heterocycles. The third-order valence-corrected chi connectivity index (χ3v) is 23.7. The molecule has 25 nitrogen and oxygen atoms in total. The van der Waals surface area contributed by atoms with Crippen LogP contribution in [0.1, 0.15) is 304 Å². The minimum Gasteiger partial charge on any atom is -0.371 e. The summed E-state index contributed by atoms with van der Waals surface area (Å²) in [6.45, 7) is 60.3. The van der Waals surface area contributed by atoms with Crippen molar-refractivity contribution in [3.05, 3.63) is 202 Å². The van der Waals surface area contributed by atoms with Gasteiger partial charge in [0.1, 0.15) is 0 Å². The second-order valence-electron chi connectivity index (χ2n) is 43.6. The highest BCUT2D eigenvalue weighted by Crippen LogP contribution is 2.37. The van der Waals surface area contributed by atoms with E-state index in [-0.39, 0.29) is 158 Å². The lowest BCUT2D eigenvalue weighted by molar-refractivity contribution is -0.152. The lowest BCUT2D eigenvalue weighted by atomic mass is 9.76.